The van der Waals surface area contributed by atoms with Gasteiger partial charge in [0, 0.05) is 63.6 Å². The molecule has 4 heteroatoms. The number of benzene rings is 3. The molecule has 198 valence electrons. The average molecular weight is 517 g/mol. The van der Waals surface area contributed by atoms with Crippen molar-refractivity contribution in [1.82, 2.24) is 4.57 Å². The highest BCUT2D eigenvalue weighted by Gasteiger charge is 2.45. The number of aromatic nitrogens is 1. The number of Topliss-reactive ketones (excluding diaryl/α,β-unsaturated/α-hetero) is 1. The van der Waals surface area contributed by atoms with E-state index >= 15 is 0 Å². The standard InChI is InChI=1S/C35H36N2O2/c1-5-7-19-36-28-15-11-9-13-24(28)25-21-23(17-18-29(25)36)32-33(38)26(34(32)39)22-31-35(3,4)27-14-10-12-16-30(27)37(31)20-8-6-2/h9-18,21-22H,5-8,19-20H2,1-4H3. The topological polar surface area (TPSA) is 48.1 Å². The second-order valence-electron chi connectivity index (χ2n) is 11.4. The molecular weight excluding hydrogens is 480 g/mol. The van der Waals surface area contributed by atoms with E-state index in [1.54, 1.807) is 0 Å². The third-order valence-electron chi connectivity index (χ3n) is 8.56. The molecule has 4 nitrogen and oxygen atoms in total. The van der Waals surface area contributed by atoms with Crippen molar-refractivity contribution < 1.29 is 14.5 Å². The van der Waals surface area contributed by atoms with Gasteiger partial charge in [-0.2, -0.15) is 4.58 Å². The summed E-state index contributed by atoms with van der Waals surface area (Å²) >= 11 is 0. The molecule has 0 unspecified atom stereocenters. The lowest BCUT2D eigenvalue weighted by atomic mass is 9.77. The fourth-order valence-electron chi connectivity index (χ4n) is 6.37. The quantitative estimate of drug-likeness (QED) is 0.186. The van der Waals surface area contributed by atoms with E-state index in [1.807, 2.05) is 18.2 Å². The zero-order chi connectivity index (χ0) is 27.3. The van der Waals surface area contributed by atoms with Gasteiger partial charge < -0.3 is 9.67 Å². The number of rotatable bonds is 8. The Morgan fingerprint density at radius 1 is 0.897 bits per heavy atom. The van der Waals surface area contributed by atoms with Gasteiger partial charge in [-0.05, 0) is 44.0 Å². The molecule has 2 aliphatic rings. The monoisotopic (exact) mass is 516 g/mol. The highest BCUT2D eigenvalue weighted by atomic mass is 16.3. The van der Waals surface area contributed by atoms with Crippen molar-refractivity contribution in [2.24, 2.45) is 0 Å². The summed E-state index contributed by atoms with van der Waals surface area (Å²) in [5.41, 5.74) is 6.83. The van der Waals surface area contributed by atoms with Gasteiger partial charge in [0.25, 0.3) is 0 Å². The molecule has 3 aromatic carbocycles. The van der Waals surface area contributed by atoms with Crippen LogP contribution in [-0.2, 0) is 16.8 Å². The molecule has 6 rings (SSSR count). The molecule has 0 bridgehead atoms. The molecule has 0 fully saturated rings. The number of fused-ring (bicyclic) bond motifs is 4. The molecule has 2 heterocycles. The molecular formula is C35H36N2O2. The predicted octanol–water partition coefficient (Wildman–Crippen LogP) is 7.05. The van der Waals surface area contributed by atoms with Gasteiger partial charge in [-0.15, -0.1) is 0 Å². The van der Waals surface area contributed by atoms with E-state index in [0.29, 0.717) is 11.1 Å². The van der Waals surface area contributed by atoms with Crippen LogP contribution >= 0.6 is 0 Å². The van der Waals surface area contributed by atoms with Crippen LogP contribution in [0.1, 0.15) is 64.5 Å². The van der Waals surface area contributed by atoms with Crippen LogP contribution in [0.5, 0.6) is 0 Å². The van der Waals surface area contributed by atoms with Gasteiger partial charge >= 0.3 is 0 Å². The first-order valence-corrected chi connectivity index (χ1v) is 14.3. The lowest BCUT2D eigenvalue weighted by molar-refractivity contribution is -0.438. The zero-order valence-corrected chi connectivity index (χ0v) is 23.4. The maximum Gasteiger partial charge on any atom is 0.209 e. The van der Waals surface area contributed by atoms with Gasteiger partial charge in [0.1, 0.15) is 6.54 Å². The molecule has 0 saturated carbocycles. The van der Waals surface area contributed by atoms with Crippen molar-refractivity contribution >= 4 is 44.6 Å². The molecule has 0 amide bonds. The second-order valence-corrected chi connectivity index (χ2v) is 11.4. The Hall–Kier alpha value is -3.92. The number of unbranched alkanes of at least 4 members (excludes halogenated alkanes) is 2. The Kier molecular flexibility index (Phi) is 6.29. The molecule has 0 spiro atoms. The minimum atomic E-state index is -0.285. The lowest BCUT2D eigenvalue weighted by Crippen LogP contribution is -2.33. The van der Waals surface area contributed by atoms with E-state index in [9.17, 15) is 9.90 Å². The minimum Gasteiger partial charge on any atom is -0.871 e. The Balaban J connectivity index is 1.44. The Labute approximate surface area is 230 Å². The molecule has 1 aromatic heterocycles. The first-order chi connectivity index (χ1) is 18.9. The maximum absolute atomic E-state index is 13.5. The summed E-state index contributed by atoms with van der Waals surface area (Å²) in [6, 6.07) is 22.9. The number of hydrogen-bond acceptors (Lipinski definition) is 2. The molecule has 4 aromatic rings. The molecule has 1 aliphatic heterocycles. The smallest absolute Gasteiger partial charge is 0.209 e. The van der Waals surface area contributed by atoms with Gasteiger partial charge in [-0.1, -0.05) is 74.9 Å². The van der Waals surface area contributed by atoms with Crippen LogP contribution < -0.4 is 5.11 Å². The number of para-hydroxylation sites is 2. The summed E-state index contributed by atoms with van der Waals surface area (Å²) < 4.78 is 4.67. The summed E-state index contributed by atoms with van der Waals surface area (Å²) in [5.74, 6) is -0.299. The SMILES string of the molecule is CCCCn1c2ccccc2c2cc(C3=C([O-])C(=CC4=[N+](CCCC)c5ccccc5C4(C)C)C3=O)ccc21. The number of carbonyl (C=O) groups is 1. The average Bonchev–Trinajstić information content (AvgIpc) is 3.37. The van der Waals surface area contributed by atoms with Crippen molar-refractivity contribution in [3.8, 4) is 0 Å². The van der Waals surface area contributed by atoms with Crippen molar-refractivity contribution in [2.45, 2.75) is 65.3 Å². The summed E-state index contributed by atoms with van der Waals surface area (Å²) in [5, 5.41) is 15.8. The normalized spacial score (nSPS) is 17.5. The minimum absolute atomic E-state index is 0.149. The Morgan fingerprint density at radius 2 is 1.62 bits per heavy atom. The Bertz CT molecular complexity index is 1730. The van der Waals surface area contributed by atoms with Crippen LogP contribution in [0.25, 0.3) is 27.4 Å². The lowest BCUT2D eigenvalue weighted by Gasteiger charge is -2.31. The van der Waals surface area contributed by atoms with E-state index < -0.39 is 0 Å². The van der Waals surface area contributed by atoms with E-state index in [4.69, 9.17) is 0 Å². The van der Waals surface area contributed by atoms with Crippen molar-refractivity contribution in [3.63, 3.8) is 0 Å². The first kappa shape index (κ1) is 25.4. The van der Waals surface area contributed by atoms with Crippen LogP contribution in [0.15, 0.2) is 84.1 Å². The third kappa shape index (κ3) is 3.88. The van der Waals surface area contributed by atoms with Crippen molar-refractivity contribution in [2.75, 3.05) is 6.54 Å². The van der Waals surface area contributed by atoms with Crippen LogP contribution in [-0.4, -0.2) is 27.2 Å². The molecule has 39 heavy (non-hydrogen) atoms. The number of ketones is 1. The van der Waals surface area contributed by atoms with E-state index in [0.717, 1.165) is 66.3 Å². The molecule has 0 atom stereocenters. The van der Waals surface area contributed by atoms with Crippen molar-refractivity contribution in [1.29, 1.82) is 0 Å². The van der Waals surface area contributed by atoms with Crippen molar-refractivity contribution in [3.05, 3.63) is 95.3 Å². The summed E-state index contributed by atoms with van der Waals surface area (Å²) in [6.07, 6.45) is 6.22. The fourth-order valence-corrected chi connectivity index (χ4v) is 6.37. The van der Waals surface area contributed by atoms with Gasteiger partial charge in [0.05, 0.1) is 5.41 Å². The van der Waals surface area contributed by atoms with Crippen LogP contribution in [0, 0.1) is 0 Å². The third-order valence-corrected chi connectivity index (χ3v) is 8.56. The van der Waals surface area contributed by atoms with E-state index in [2.05, 4.69) is 91.4 Å². The Morgan fingerprint density at radius 3 is 2.38 bits per heavy atom. The molecule has 0 saturated heterocycles. The second kappa shape index (κ2) is 9.68. The number of carbonyl (C=O) groups excluding carboxylic acids is 1. The summed E-state index contributed by atoms with van der Waals surface area (Å²) in [4.78, 5) is 13.5. The zero-order valence-electron chi connectivity index (χ0n) is 23.4. The molecule has 1 aliphatic carbocycles. The molecule has 0 radical (unpaired) electrons. The first-order valence-electron chi connectivity index (χ1n) is 14.3. The van der Waals surface area contributed by atoms with Gasteiger partial charge in [0.15, 0.2) is 11.5 Å². The number of hydrogen-bond donors (Lipinski definition) is 0. The number of nitrogens with zero attached hydrogens (tertiary/aromatic N) is 2. The van der Waals surface area contributed by atoms with Gasteiger partial charge in [-0.25, -0.2) is 0 Å². The fraction of sp³-hybridized carbons (Fsp3) is 0.314. The van der Waals surface area contributed by atoms with Crippen LogP contribution in [0.3, 0.4) is 0 Å². The molecule has 0 N–H and O–H groups in total. The summed E-state index contributed by atoms with van der Waals surface area (Å²) in [6.45, 7) is 10.6. The van der Waals surface area contributed by atoms with E-state index in [1.165, 1.54) is 16.8 Å². The largest absolute Gasteiger partial charge is 0.871 e. The highest BCUT2D eigenvalue weighted by Crippen LogP contribution is 2.43. The predicted molar refractivity (Wildman–Crippen MR) is 159 cm³/mol. The van der Waals surface area contributed by atoms with Crippen LogP contribution in [0.2, 0.25) is 0 Å². The number of allylic oxidation sites excluding steroid dienone is 3. The van der Waals surface area contributed by atoms with Crippen LogP contribution in [0.4, 0.5) is 5.69 Å². The summed E-state index contributed by atoms with van der Waals surface area (Å²) in [7, 11) is 0. The number of aryl methyl sites for hydroxylation is 1. The van der Waals surface area contributed by atoms with Gasteiger partial charge in [0.2, 0.25) is 5.69 Å². The highest BCUT2D eigenvalue weighted by molar-refractivity contribution is 6.40. The maximum atomic E-state index is 13.5. The van der Waals surface area contributed by atoms with Gasteiger partial charge in [-0.3, -0.25) is 4.79 Å². The van der Waals surface area contributed by atoms with E-state index in [-0.39, 0.29) is 17.0 Å².